The van der Waals surface area contributed by atoms with E-state index in [2.05, 4.69) is 24.4 Å². The number of methoxy groups -OCH3 is 1. The van der Waals surface area contributed by atoms with Gasteiger partial charge < -0.3 is 19.5 Å². The van der Waals surface area contributed by atoms with Crippen LogP contribution >= 0.6 is 0 Å². The van der Waals surface area contributed by atoms with Crippen LogP contribution in [0.1, 0.15) is 75.8 Å². The van der Waals surface area contributed by atoms with Gasteiger partial charge in [0.05, 0.1) is 25.9 Å². The summed E-state index contributed by atoms with van der Waals surface area (Å²) in [7, 11) is 1.60. The maximum absolute atomic E-state index is 13.8. The van der Waals surface area contributed by atoms with E-state index >= 15 is 0 Å². The summed E-state index contributed by atoms with van der Waals surface area (Å²) in [6.07, 6.45) is 3.69. The highest BCUT2D eigenvalue weighted by Gasteiger charge is 2.41. The summed E-state index contributed by atoms with van der Waals surface area (Å²) in [4.78, 5) is 27.2. The van der Waals surface area contributed by atoms with Gasteiger partial charge in [-0.3, -0.25) is 4.79 Å². The predicted octanol–water partition coefficient (Wildman–Crippen LogP) is 6.19. The third-order valence-electron chi connectivity index (χ3n) is 7.03. The Kier molecular flexibility index (Phi) is 8.70. The Bertz CT molecular complexity index is 1200. The van der Waals surface area contributed by atoms with Gasteiger partial charge in [0, 0.05) is 29.3 Å². The maximum atomic E-state index is 13.8. The smallest absolute Gasteiger partial charge is 0.336 e. The van der Waals surface area contributed by atoms with E-state index < -0.39 is 11.9 Å². The molecule has 4 rings (SSSR count). The Balaban J connectivity index is 1.77. The average Bonchev–Trinajstić information content (AvgIpc) is 2.91. The number of dihydropyridines is 1. The molecule has 2 aromatic rings. The van der Waals surface area contributed by atoms with Crippen molar-refractivity contribution >= 4 is 11.8 Å². The van der Waals surface area contributed by atoms with E-state index in [-0.39, 0.29) is 11.7 Å². The lowest BCUT2D eigenvalue weighted by atomic mass is 9.71. The van der Waals surface area contributed by atoms with Crippen LogP contribution in [0.2, 0.25) is 0 Å². The molecular formula is C31H37NO5. The van der Waals surface area contributed by atoms with E-state index in [4.69, 9.17) is 14.2 Å². The van der Waals surface area contributed by atoms with Crippen molar-refractivity contribution in [3.05, 3.63) is 82.2 Å². The van der Waals surface area contributed by atoms with Crippen LogP contribution in [0, 0.1) is 0 Å². The molecule has 0 aromatic heterocycles. The lowest BCUT2D eigenvalue weighted by Crippen LogP contribution is -2.36. The second-order valence-electron chi connectivity index (χ2n) is 9.68. The van der Waals surface area contributed by atoms with E-state index in [1.807, 2.05) is 50.2 Å². The molecular weight excluding hydrogens is 466 g/mol. The van der Waals surface area contributed by atoms with Crippen molar-refractivity contribution in [2.45, 2.75) is 64.7 Å². The molecule has 2 aromatic carbocycles. The van der Waals surface area contributed by atoms with Crippen molar-refractivity contribution in [2.24, 2.45) is 0 Å². The molecule has 0 spiro atoms. The van der Waals surface area contributed by atoms with Crippen LogP contribution in [0.15, 0.2) is 71.1 Å². The fraction of sp³-hybridized carbons (Fsp3) is 0.419. The van der Waals surface area contributed by atoms with Gasteiger partial charge in [-0.25, -0.2) is 4.79 Å². The first-order chi connectivity index (χ1) is 18.0. The number of allylic oxidation sites excluding steroid dienone is 3. The topological polar surface area (TPSA) is 73.9 Å². The van der Waals surface area contributed by atoms with Gasteiger partial charge in [0.25, 0.3) is 0 Å². The molecule has 0 saturated carbocycles. The molecule has 6 heteroatoms. The molecule has 0 radical (unpaired) electrons. The molecule has 0 amide bonds. The van der Waals surface area contributed by atoms with Crippen LogP contribution in [0.4, 0.5) is 0 Å². The molecule has 6 nitrogen and oxygen atoms in total. The molecule has 196 valence electrons. The maximum Gasteiger partial charge on any atom is 0.336 e. The Morgan fingerprint density at radius 1 is 0.973 bits per heavy atom. The summed E-state index contributed by atoms with van der Waals surface area (Å²) in [6, 6.07) is 15.8. The number of benzene rings is 2. The number of carbonyl (C=O) groups excluding carboxylic acids is 2. The Hall–Kier alpha value is -3.54. The van der Waals surface area contributed by atoms with Gasteiger partial charge in [-0.05, 0) is 55.4 Å². The number of ether oxygens (including phenoxy) is 3. The quantitative estimate of drug-likeness (QED) is 0.308. The first kappa shape index (κ1) is 26.5. The summed E-state index contributed by atoms with van der Waals surface area (Å²) in [5.41, 5.74) is 4.67. The number of ketones is 1. The number of hydrogen-bond donors (Lipinski definition) is 1. The van der Waals surface area contributed by atoms with Crippen LogP contribution in [-0.2, 0) is 14.3 Å². The normalized spacial score (nSPS) is 19.3. The highest BCUT2D eigenvalue weighted by atomic mass is 16.5. The van der Waals surface area contributed by atoms with Gasteiger partial charge in [0.1, 0.15) is 0 Å². The van der Waals surface area contributed by atoms with Gasteiger partial charge in [-0.1, -0.05) is 56.7 Å². The van der Waals surface area contributed by atoms with Crippen LogP contribution < -0.4 is 14.8 Å². The minimum atomic E-state index is -0.538. The van der Waals surface area contributed by atoms with E-state index in [0.717, 1.165) is 41.8 Å². The molecule has 37 heavy (non-hydrogen) atoms. The SMILES string of the molecule is CCCCOC(=O)C1=C(C)NC2=C(C(=O)C[C@H](c3ccccc3)C2)[C@@H]1c1ccc(OCCC)c(OC)c1. The molecule has 0 bridgehead atoms. The zero-order chi connectivity index (χ0) is 26.4. The number of nitrogens with one attached hydrogen (secondary N) is 1. The Morgan fingerprint density at radius 2 is 1.76 bits per heavy atom. The molecule has 1 aliphatic heterocycles. The lowest BCUT2D eigenvalue weighted by Gasteiger charge is -2.37. The monoisotopic (exact) mass is 503 g/mol. The van der Waals surface area contributed by atoms with Crippen molar-refractivity contribution in [1.82, 2.24) is 5.32 Å². The highest BCUT2D eigenvalue weighted by molar-refractivity contribution is 6.04. The minimum absolute atomic E-state index is 0.0456. The predicted molar refractivity (Wildman–Crippen MR) is 144 cm³/mol. The molecule has 0 saturated heterocycles. The number of unbranched alkanes of at least 4 members (excludes halogenated alkanes) is 1. The van der Waals surface area contributed by atoms with Gasteiger partial charge >= 0.3 is 5.97 Å². The van der Waals surface area contributed by atoms with E-state index in [0.29, 0.717) is 48.7 Å². The van der Waals surface area contributed by atoms with Crippen LogP contribution in [0.25, 0.3) is 0 Å². The molecule has 0 fully saturated rings. The summed E-state index contributed by atoms with van der Waals surface area (Å²) in [6.45, 7) is 6.91. The van der Waals surface area contributed by atoms with Crippen molar-refractivity contribution < 1.29 is 23.8 Å². The first-order valence-electron chi connectivity index (χ1n) is 13.2. The molecule has 2 aliphatic rings. The fourth-order valence-corrected chi connectivity index (χ4v) is 5.19. The molecule has 1 heterocycles. The standard InChI is InChI=1S/C31H37NO5/c1-5-7-16-37-31(34)28-20(3)32-24-17-23(21-11-9-8-10-12-21)18-25(33)30(24)29(28)22-13-14-26(36-15-6-2)27(19-22)35-4/h8-14,19,23,29,32H,5-7,15-18H2,1-4H3/t23-,29-/m1/s1. The lowest BCUT2D eigenvalue weighted by molar-refractivity contribution is -0.139. The molecule has 2 atom stereocenters. The largest absolute Gasteiger partial charge is 0.493 e. The van der Waals surface area contributed by atoms with Crippen LogP contribution in [0.3, 0.4) is 0 Å². The van der Waals surface area contributed by atoms with E-state index in [1.165, 1.54) is 0 Å². The van der Waals surface area contributed by atoms with Gasteiger partial charge in [0.2, 0.25) is 0 Å². The van der Waals surface area contributed by atoms with Crippen molar-refractivity contribution in [3.8, 4) is 11.5 Å². The number of rotatable bonds is 10. The summed E-state index contributed by atoms with van der Waals surface area (Å²) in [5.74, 6) is 0.425. The van der Waals surface area contributed by atoms with Crippen molar-refractivity contribution in [2.75, 3.05) is 20.3 Å². The van der Waals surface area contributed by atoms with Crippen molar-refractivity contribution in [1.29, 1.82) is 0 Å². The average molecular weight is 504 g/mol. The third-order valence-corrected chi connectivity index (χ3v) is 7.03. The van der Waals surface area contributed by atoms with E-state index in [1.54, 1.807) is 7.11 Å². The Morgan fingerprint density at radius 3 is 2.46 bits per heavy atom. The molecule has 1 aliphatic carbocycles. The zero-order valence-electron chi connectivity index (χ0n) is 22.3. The first-order valence-corrected chi connectivity index (χ1v) is 13.2. The van der Waals surface area contributed by atoms with Crippen LogP contribution in [0.5, 0.6) is 11.5 Å². The summed E-state index contributed by atoms with van der Waals surface area (Å²) >= 11 is 0. The van der Waals surface area contributed by atoms with Gasteiger partial charge in [-0.15, -0.1) is 0 Å². The Labute approximate surface area is 219 Å². The fourth-order valence-electron chi connectivity index (χ4n) is 5.19. The van der Waals surface area contributed by atoms with E-state index in [9.17, 15) is 9.59 Å². The minimum Gasteiger partial charge on any atom is -0.493 e. The number of Topliss-reactive ketones (excluding diaryl/α,β-unsaturated/α-hetero) is 1. The second kappa shape index (κ2) is 12.1. The number of esters is 1. The number of carbonyl (C=O) groups is 2. The van der Waals surface area contributed by atoms with Gasteiger partial charge in [-0.2, -0.15) is 0 Å². The number of hydrogen-bond acceptors (Lipinski definition) is 6. The molecule has 0 unspecified atom stereocenters. The zero-order valence-corrected chi connectivity index (χ0v) is 22.3. The van der Waals surface area contributed by atoms with Crippen molar-refractivity contribution in [3.63, 3.8) is 0 Å². The summed E-state index contributed by atoms with van der Waals surface area (Å²) < 4.78 is 17.1. The van der Waals surface area contributed by atoms with Crippen LogP contribution in [-0.4, -0.2) is 32.1 Å². The summed E-state index contributed by atoms with van der Waals surface area (Å²) in [5, 5.41) is 3.42. The molecule has 1 N–H and O–H groups in total. The van der Waals surface area contributed by atoms with Gasteiger partial charge in [0.15, 0.2) is 17.3 Å². The highest BCUT2D eigenvalue weighted by Crippen LogP contribution is 2.47. The third kappa shape index (κ3) is 5.74. The second-order valence-corrected chi connectivity index (χ2v) is 9.68.